The van der Waals surface area contributed by atoms with E-state index in [9.17, 15) is 63.6 Å². The van der Waals surface area contributed by atoms with Crippen molar-refractivity contribution < 1.29 is 82.5 Å². The lowest BCUT2D eigenvalue weighted by Crippen LogP contribution is -2.50. The highest BCUT2D eigenvalue weighted by Gasteiger charge is 2.29. The average Bonchev–Trinajstić information content (AvgIpc) is 1.04. The summed E-state index contributed by atoms with van der Waals surface area (Å²) >= 11 is 0. The molecule has 0 spiro atoms. The second-order valence-electron chi connectivity index (χ2n) is 20.8. The first-order valence-electron chi connectivity index (χ1n) is 29.9. The first-order valence-corrected chi connectivity index (χ1v) is 29.9. The Morgan fingerprint density at radius 3 is 1.57 bits per heavy atom. The predicted octanol–water partition coefficient (Wildman–Crippen LogP) is -0.768. The molecule has 30 nitrogen and oxygen atoms in total. The molecule has 1 fully saturated rings. The van der Waals surface area contributed by atoms with E-state index in [1.54, 1.807) is 82.3 Å². The normalized spacial score (nSPS) is 14.6. The highest BCUT2D eigenvalue weighted by Crippen LogP contribution is 2.27. The van der Waals surface area contributed by atoms with Crippen LogP contribution in [0.15, 0.2) is 83.9 Å². The number of aliphatic imine (C=N–C) groups is 1. The molecule has 2 atom stereocenters. The summed E-state index contributed by atoms with van der Waals surface area (Å²) in [6.45, 7) is 6.12. The van der Waals surface area contributed by atoms with Gasteiger partial charge >= 0.3 is 23.9 Å². The third kappa shape index (κ3) is 32.7. The third-order valence-corrected chi connectivity index (χ3v) is 13.7. The number of benzene rings is 3. The molecule has 4 rings (SSSR count). The van der Waals surface area contributed by atoms with Crippen LogP contribution in [0.1, 0.15) is 55.2 Å². The maximum Gasteiger partial charge on any atom is 0.321 e. The van der Waals surface area contributed by atoms with E-state index in [1.807, 2.05) is 11.0 Å². The Morgan fingerprint density at radius 1 is 0.544 bits per heavy atom. The monoisotopic (exact) mass is 1260 g/mol. The van der Waals surface area contributed by atoms with Gasteiger partial charge in [-0.15, -0.1) is 0 Å². The number of carboxylic acid groups (broad SMARTS) is 3. The van der Waals surface area contributed by atoms with Gasteiger partial charge in [-0.1, -0.05) is 61.5 Å². The van der Waals surface area contributed by atoms with Crippen LogP contribution in [-0.4, -0.2) is 263 Å². The Balaban J connectivity index is 1.13. The number of aromatic hydroxyl groups is 1. The number of nitrogens with zero attached hydrogens (tertiary/aromatic N) is 5. The number of phenolic OH excluding ortho intramolecular Hbond substituents is 1. The number of amides is 7. The number of hydrogen-bond donors (Lipinski definition) is 12. The van der Waals surface area contributed by atoms with Crippen molar-refractivity contribution in [2.75, 3.05) is 163 Å². The van der Waals surface area contributed by atoms with Crippen LogP contribution in [0.25, 0.3) is 0 Å². The minimum Gasteiger partial charge on any atom is -0.508 e. The molecular weight excluding hydrogens is 1170 g/mol. The lowest BCUT2D eigenvalue weighted by Gasteiger charge is -2.32. The SMILES string of the molecule is CCC(=O)NCCNC(=O)NC(N)=NCCC[C@@H](NC(=O)C(c1ccccc1)c1ccc(NC(=O)CCOCCOCCOCCOCCNC(=O)CN2CCN(CC(=O)O)CCN(CC(=O)O)CCN(CC(=O)O)CC2)cc1)C(=O)NCc1ccc(O)cc1. The Labute approximate surface area is 523 Å². The van der Waals surface area contributed by atoms with Gasteiger partial charge in [0, 0.05) is 97.2 Å². The van der Waals surface area contributed by atoms with Crippen molar-refractivity contribution in [2.45, 2.75) is 51.1 Å². The molecule has 3 aromatic rings. The van der Waals surface area contributed by atoms with Gasteiger partial charge in [-0.25, -0.2) is 4.79 Å². The molecule has 13 N–H and O–H groups in total. The van der Waals surface area contributed by atoms with Crippen LogP contribution in [0.2, 0.25) is 0 Å². The number of anilines is 1. The fraction of sp³-hybridized carbons (Fsp3) is 0.533. The van der Waals surface area contributed by atoms with Gasteiger partial charge in [-0.3, -0.25) is 68.3 Å². The summed E-state index contributed by atoms with van der Waals surface area (Å²) in [5.74, 6) is -5.71. The molecule has 7 amide bonds. The molecule has 1 saturated heterocycles. The Hall–Kier alpha value is -8.36. The number of nitrogens with one attached hydrogen (secondary N) is 7. The molecule has 0 radical (unpaired) electrons. The van der Waals surface area contributed by atoms with Crippen molar-refractivity contribution in [3.63, 3.8) is 0 Å². The Kier molecular flexibility index (Phi) is 35.7. The maximum atomic E-state index is 14.3. The van der Waals surface area contributed by atoms with Crippen molar-refractivity contribution in [1.82, 2.24) is 51.5 Å². The van der Waals surface area contributed by atoms with Crippen LogP contribution in [0, 0.1) is 0 Å². The van der Waals surface area contributed by atoms with E-state index in [0.717, 1.165) is 5.56 Å². The Bertz CT molecular complexity index is 2680. The first kappa shape index (κ1) is 74.1. The van der Waals surface area contributed by atoms with Crippen LogP contribution in [0.3, 0.4) is 0 Å². The van der Waals surface area contributed by atoms with E-state index in [2.05, 4.69) is 42.2 Å². The first-order chi connectivity index (χ1) is 43.4. The van der Waals surface area contributed by atoms with Gasteiger partial charge in [0.1, 0.15) is 11.8 Å². The van der Waals surface area contributed by atoms with Gasteiger partial charge in [-0.2, -0.15) is 0 Å². The molecule has 90 heavy (non-hydrogen) atoms. The van der Waals surface area contributed by atoms with Crippen molar-refractivity contribution in [3.8, 4) is 5.75 Å². The molecule has 0 aliphatic carbocycles. The summed E-state index contributed by atoms with van der Waals surface area (Å²) in [7, 11) is 0. The van der Waals surface area contributed by atoms with E-state index in [1.165, 1.54) is 12.1 Å². The minimum absolute atomic E-state index is 0.00880. The minimum atomic E-state index is -1.04. The van der Waals surface area contributed by atoms with Gasteiger partial charge in [0.25, 0.3) is 0 Å². The highest BCUT2D eigenvalue weighted by molar-refractivity contribution is 5.95. The number of guanidine groups is 1. The van der Waals surface area contributed by atoms with E-state index in [-0.39, 0.29) is 173 Å². The predicted molar refractivity (Wildman–Crippen MR) is 330 cm³/mol. The molecule has 496 valence electrons. The molecular formula is C60H89N13O17. The van der Waals surface area contributed by atoms with Crippen molar-refractivity contribution >= 4 is 65.1 Å². The number of aliphatic carboxylic acids is 3. The standard InChI is InChI=1S/C60H89N13O17/c1-2-50(75)62-20-21-65-60(86)69-59(61)64-19-6-9-49(57(84)66-39-44-10-16-48(74)17-11-44)68-58(85)56(45-7-4-3-5-8-45)46-12-14-47(15-13-46)67-51(76)18-31-87-33-35-89-37-38-90-36-34-88-32-22-63-52(77)40-70-23-25-71(41-53(78)79)27-29-73(43-55(82)83)30-28-72(26-24-70)42-54(80)81/h3-5,7-8,10-17,49,56,74H,2,6,9,18-43H2,1H3,(H,62,75)(H,63,77)(H,66,84)(H,67,76)(H,68,85)(H,78,79)(H,80,81)(H,82,83)(H4,61,64,65,69,86)/t49-,56?/m1/s1. The van der Waals surface area contributed by atoms with Gasteiger partial charge < -0.3 is 77.0 Å². The van der Waals surface area contributed by atoms with E-state index >= 15 is 0 Å². The molecule has 1 aliphatic rings. The quantitative estimate of drug-likeness (QED) is 0.0190. The summed E-state index contributed by atoms with van der Waals surface area (Å²) < 4.78 is 22.3. The van der Waals surface area contributed by atoms with Crippen molar-refractivity contribution in [3.05, 3.63) is 95.6 Å². The number of ether oxygens (including phenoxy) is 4. The van der Waals surface area contributed by atoms with Gasteiger partial charge in [0.15, 0.2) is 5.96 Å². The molecule has 1 unspecified atom stereocenters. The number of nitrogens with two attached hydrogens (primary N) is 1. The molecule has 3 aromatic carbocycles. The zero-order chi connectivity index (χ0) is 65.3. The van der Waals surface area contributed by atoms with Crippen LogP contribution < -0.4 is 43.0 Å². The third-order valence-electron chi connectivity index (χ3n) is 13.7. The second-order valence-corrected chi connectivity index (χ2v) is 20.8. The number of carbonyl (C=O) groups is 9. The number of urea groups is 1. The molecule has 1 aliphatic heterocycles. The fourth-order valence-corrected chi connectivity index (χ4v) is 9.00. The number of carbonyl (C=O) groups excluding carboxylic acids is 6. The van der Waals surface area contributed by atoms with Crippen LogP contribution in [0.5, 0.6) is 5.75 Å². The van der Waals surface area contributed by atoms with Gasteiger partial charge in [0.05, 0.1) is 91.4 Å². The topological polar surface area (TPSA) is 407 Å². The summed E-state index contributed by atoms with van der Waals surface area (Å²) in [5, 5.41) is 57.1. The average molecular weight is 1260 g/mol. The van der Waals surface area contributed by atoms with Crippen LogP contribution in [-0.2, 0) is 63.8 Å². The lowest BCUT2D eigenvalue weighted by molar-refractivity contribution is -0.140. The molecule has 0 aromatic heterocycles. The maximum absolute atomic E-state index is 14.3. The number of hydrogen-bond acceptors (Lipinski definition) is 19. The van der Waals surface area contributed by atoms with Gasteiger partial charge in [0.2, 0.25) is 29.5 Å². The van der Waals surface area contributed by atoms with Crippen LogP contribution in [0.4, 0.5) is 10.5 Å². The van der Waals surface area contributed by atoms with Gasteiger partial charge in [-0.05, 0) is 53.8 Å². The zero-order valence-electron chi connectivity index (χ0n) is 51.1. The van der Waals surface area contributed by atoms with E-state index in [4.69, 9.17) is 24.7 Å². The van der Waals surface area contributed by atoms with Crippen molar-refractivity contribution in [2.24, 2.45) is 10.7 Å². The smallest absolute Gasteiger partial charge is 0.321 e. The molecule has 0 saturated carbocycles. The molecule has 30 heteroatoms. The number of carboxylic acids is 3. The molecule has 0 bridgehead atoms. The summed E-state index contributed by atoms with van der Waals surface area (Å²) in [5.41, 5.74) is 8.38. The lowest BCUT2D eigenvalue weighted by atomic mass is 9.90. The Morgan fingerprint density at radius 2 is 1.03 bits per heavy atom. The number of rotatable bonds is 39. The highest BCUT2D eigenvalue weighted by atomic mass is 16.6. The van der Waals surface area contributed by atoms with Crippen molar-refractivity contribution in [1.29, 1.82) is 0 Å². The largest absolute Gasteiger partial charge is 0.508 e. The van der Waals surface area contributed by atoms with E-state index in [0.29, 0.717) is 62.6 Å². The number of phenols is 1. The molecule has 1 heterocycles. The summed E-state index contributed by atoms with van der Waals surface area (Å²) in [4.78, 5) is 123. The second kappa shape index (κ2) is 43.3. The van der Waals surface area contributed by atoms with Crippen LogP contribution >= 0.6 is 0 Å². The zero-order valence-corrected chi connectivity index (χ0v) is 51.1. The summed E-state index contributed by atoms with van der Waals surface area (Å²) in [6, 6.07) is 20.5. The van der Waals surface area contributed by atoms with E-state index < -0.39 is 47.7 Å². The summed E-state index contributed by atoms with van der Waals surface area (Å²) in [6.07, 6.45) is 0.816. The fourth-order valence-electron chi connectivity index (χ4n) is 9.00.